The lowest BCUT2D eigenvalue weighted by Crippen LogP contribution is -2.37. The molecule has 1 aromatic heterocycles. The molecule has 1 unspecified atom stereocenters. The molecule has 2 amide bonds. The average molecular weight is 300 g/mol. The molecule has 2 heterocycles. The average Bonchev–Trinajstić information content (AvgIpc) is 2.67. The van der Waals surface area contributed by atoms with Crippen molar-refractivity contribution in [2.24, 2.45) is 0 Å². The smallest absolute Gasteiger partial charge is 0.251 e. The standard InChI is InChI=1S/C16H16N2O4/c1-22-13-6-2-4-11-10(13)8-9-15(20)18(11)12-5-3-7-14(19)17-16(12)21/h2,4,6,8-9,12H,3,5,7H2,1H3,(H,17,19,21). The van der Waals surface area contributed by atoms with Crippen LogP contribution < -0.4 is 15.6 Å². The second kappa shape index (κ2) is 5.63. The Morgan fingerprint density at radius 1 is 1.18 bits per heavy atom. The van der Waals surface area contributed by atoms with E-state index in [4.69, 9.17) is 4.74 Å². The van der Waals surface area contributed by atoms with Crippen molar-refractivity contribution in [3.8, 4) is 5.75 Å². The van der Waals surface area contributed by atoms with Gasteiger partial charge in [-0.15, -0.1) is 0 Å². The molecule has 6 heteroatoms. The van der Waals surface area contributed by atoms with Gasteiger partial charge in [-0.2, -0.15) is 0 Å². The zero-order valence-corrected chi connectivity index (χ0v) is 12.2. The van der Waals surface area contributed by atoms with E-state index in [0.717, 1.165) is 5.39 Å². The summed E-state index contributed by atoms with van der Waals surface area (Å²) in [4.78, 5) is 36.1. The van der Waals surface area contributed by atoms with Gasteiger partial charge in [-0.25, -0.2) is 0 Å². The van der Waals surface area contributed by atoms with Crippen LogP contribution in [-0.4, -0.2) is 23.5 Å². The van der Waals surface area contributed by atoms with Crippen LogP contribution in [0.15, 0.2) is 35.1 Å². The number of carbonyl (C=O) groups is 2. The Hall–Kier alpha value is -2.63. The maximum atomic E-state index is 12.3. The molecule has 2 aromatic rings. The predicted molar refractivity (Wildman–Crippen MR) is 80.8 cm³/mol. The maximum absolute atomic E-state index is 12.3. The van der Waals surface area contributed by atoms with Crippen molar-refractivity contribution >= 4 is 22.7 Å². The summed E-state index contributed by atoms with van der Waals surface area (Å²) in [7, 11) is 1.56. The van der Waals surface area contributed by atoms with Gasteiger partial charge in [0.2, 0.25) is 11.8 Å². The molecule has 0 bridgehead atoms. The first-order valence-corrected chi connectivity index (χ1v) is 7.14. The highest BCUT2D eigenvalue weighted by atomic mass is 16.5. The zero-order chi connectivity index (χ0) is 15.7. The third kappa shape index (κ3) is 2.36. The molecule has 0 saturated carbocycles. The number of nitrogens with zero attached hydrogens (tertiary/aromatic N) is 1. The normalized spacial score (nSPS) is 18.9. The lowest BCUT2D eigenvalue weighted by atomic mass is 10.1. The summed E-state index contributed by atoms with van der Waals surface area (Å²) < 4.78 is 6.76. The van der Waals surface area contributed by atoms with Crippen molar-refractivity contribution in [3.63, 3.8) is 0 Å². The van der Waals surface area contributed by atoms with E-state index < -0.39 is 11.9 Å². The minimum absolute atomic E-state index is 0.268. The molecule has 1 N–H and O–H groups in total. The van der Waals surface area contributed by atoms with Gasteiger partial charge in [-0.3, -0.25) is 24.3 Å². The summed E-state index contributed by atoms with van der Waals surface area (Å²) in [5.41, 5.74) is 0.358. The molecule has 3 rings (SSSR count). The van der Waals surface area contributed by atoms with Gasteiger partial charge in [0.25, 0.3) is 5.56 Å². The second-order valence-electron chi connectivity index (χ2n) is 5.26. The molecule has 0 radical (unpaired) electrons. The summed E-state index contributed by atoms with van der Waals surface area (Å²) in [5.74, 6) is -0.0883. The highest BCUT2D eigenvalue weighted by Crippen LogP contribution is 2.27. The number of ether oxygens (including phenoxy) is 1. The number of carbonyl (C=O) groups excluding carboxylic acids is 2. The Morgan fingerprint density at radius 3 is 2.77 bits per heavy atom. The van der Waals surface area contributed by atoms with Crippen LogP contribution in [0, 0.1) is 0 Å². The lowest BCUT2D eigenvalue weighted by molar-refractivity contribution is -0.131. The Kier molecular flexibility index (Phi) is 3.66. The Labute approximate surface area is 126 Å². The van der Waals surface area contributed by atoms with Crippen molar-refractivity contribution in [2.45, 2.75) is 25.3 Å². The molecule has 0 spiro atoms. The number of fused-ring (bicyclic) bond motifs is 1. The van der Waals surface area contributed by atoms with Gasteiger partial charge in [0.05, 0.1) is 12.6 Å². The minimum Gasteiger partial charge on any atom is -0.496 e. The number of pyridine rings is 1. The van der Waals surface area contributed by atoms with E-state index in [0.29, 0.717) is 30.5 Å². The van der Waals surface area contributed by atoms with E-state index in [9.17, 15) is 14.4 Å². The lowest BCUT2D eigenvalue weighted by Gasteiger charge is -2.19. The molecule has 1 fully saturated rings. The van der Waals surface area contributed by atoms with E-state index in [2.05, 4.69) is 5.32 Å². The third-order valence-electron chi connectivity index (χ3n) is 3.91. The van der Waals surface area contributed by atoms with E-state index in [1.54, 1.807) is 31.4 Å². The number of benzene rings is 1. The molecular weight excluding hydrogens is 284 g/mol. The fraction of sp³-hybridized carbons (Fsp3) is 0.312. The SMILES string of the molecule is COc1cccc2c1ccc(=O)n2C1CCCC(=O)NC1=O. The molecule has 6 nitrogen and oxygen atoms in total. The van der Waals surface area contributed by atoms with Crippen molar-refractivity contribution in [1.29, 1.82) is 0 Å². The molecule has 1 aromatic carbocycles. The number of hydrogen-bond donors (Lipinski definition) is 1. The summed E-state index contributed by atoms with van der Waals surface area (Å²) in [6, 6.07) is 7.77. The first-order valence-electron chi connectivity index (χ1n) is 7.14. The largest absolute Gasteiger partial charge is 0.496 e. The van der Waals surface area contributed by atoms with Crippen LogP contribution in [0.3, 0.4) is 0 Å². The van der Waals surface area contributed by atoms with Crippen LogP contribution in [0.25, 0.3) is 10.9 Å². The summed E-state index contributed by atoms with van der Waals surface area (Å²) in [5, 5.41) is 3.10. The van der Waals surface area contributed by atoms with Crippen LogP contribution in [-0.2, 0) is 9.59 Å². The predicted octanol–water partition coefficient (Wildman–Crippen LogP) is 1.38. The fourth-order valence-corrected chi connectivity index (χ4v) is 2.88. The van der Waals surface area contributed by atoms with Gasteiger partial charge in [-0.1, -0.05) is 6.07 Å². The number of imide groups is 1. The molecule has 1 aliphatic rings. The quantitative estimate of drug-likeness (QED) is 0.850. The zero-order valence-electron chi connectivity index (χ0n) is 12.2. The number of aromatic nitrogens is 1. The highest BCUT2D eigenvalue weighted by molar-refractivity contribution is 5.98. The van der Waals surface area contributed by atoms with E-state index in [1.807, 2.05) is 0 Å². The van der Waals surface area contributed by atoms with Gasteiger partial charge < -0.3 is 4.74 Å². The first-order chi connectivity index (χ1) is 10.6. The number of rotatable bonds is 2. The summed E-state index contributed by atoms with van der Waals surface area (Å²) in [6.07, 6.45) is 1.31. The Morgan fingerprint density at radius 2 is 2.00 bits per heavy atom. The molecule has 114 valence electrons. The first kappa shape index (κ1) is 14.3. The second-order valence-corrected chi connectivity index (χ2v) is 5.26. The van der Waals surface area contributed by atoms with Gasteiger partial charge in [0.1, 0.15) is 11.8 Å². The molecular formula is C16H16N2O4. The third-order valence-corrected chi connectivity index (χ3v) is 3.91. The number of amides is 2. The van der Waals surface area contributed by atoms with Crippen LogP contribution in [0.5, 0.6) is 5.75 Å². The van der Waals surface area contributed by atoms with Crippen LogP contribution in [0.4, 0.5) is 0 Å². The maximum Gasteiger partial charge on any atom is 0.251 e. The topological polar surface area (TPSA) is 77.4 Å². The molecule has 22 heavy (non-hydrogen) atoms. The van der Waals surface area contributed by atoms with Crippen molar-refractivity contribution < 1.29 is 14.3 Å². The molecule has 0 aliphatic carbocycles. The summed E-state index contributed by atoms with van der Waals surface area (Å²) in [6.45, 7) is 0. The highest BCUT2D eigenvalue weighted by Gasteiger charge is 2.27. The number of hydrogen-bond acceptors (Lipinski definition) is 4. The Bertz CT molecular complexity index is 809. The minimum atomic E-state index is -0.685. The molecule has 1 atom stereocenters. The van der Waals surface area contributed by atoms with Crippen LogP contribution in [0.2, 0.25) is 0 Å². The van der Waals surface area contributed by atoms with Crippen molar-refractivity contribution in [3.05, 3.63) is 40.7 Å². The summed E-state index contributed by atoms with van der Waals surface area (Å²) >= 11 is 0. The van der Waals surface area contributed by atoms with Gasteiger partial charge >= 0.3 is 0 Å². The number of methoxy groups -OCH3 is 1. The van der Waals surface area contributed by atoms with Gasteiger partial charge in [0, 0.05) is 17.9 Å². The molecule has 1 saturated heterocycles. The van der Waals surface area contributed by atoms with E-state index in [-0.39, 0.29) is 11.5 Å². The van der Waals surface area contributed by atoms with Gasteiger partial charge in [-0.05, 0) is 31.0 Å². The molecule has 1 aliphatic heterocycles. The van der Waals surface area contributed by atoms with Crippen molar-refractivity contribution in [2.75, 3.05) is 7.11 Å². The fourth-order valence-electron chi connectivity index (χ4n) is 2.88. The monoisotopic (exact) mass is 300 g/mol. The number of nitrogens with one attached hydrogen (secondary N) is 1. The van der Waals surface area contributed by atoms with E-state index >= 15 is 0 Å². The Balaban J connectivity index is 2.21. The van der Waals surface area contributed by atoms with Gasteiger partial charge in [0.15, 0.2) is 0 Å². The van der Waals surface area contributed by atoms with Crippen LogP contribution >= 0.6 is 0 Å². The van der Waals surface area contributed by atoms with Crippen molar-refractivity contribution in [1.82, 2.24) is 9.88 Å². The van der Waals surface area contributed by atoms with E-state index in [1.165, 1.54) is 10.6 Å². The van der Waals surface area contributed by atoms with Crippen LogP contribution in [0.1, 0.15) is 25.3 Å².